The quantitative estimate of drug-likeness (QED) is 0.791. The standard InChI is InChI=1S/C12H12F3NO3/c13-12(14,15)18-10-1-3-11(4-2-10)19-16-6-5-9(7-16)8-17/h1-4,8-9H,5-7H2. The predicted molar refractivity (Wildman–Crippen MR) is 59.5 cm³/mol. The van der Waals surface area contributed by atoms with Crippen molar-refractivity contribution in [1.29, 1.82) is 0 Å². The first-order chi connectivity index (χ1) is 8.96. The lowest BCUT2D eigenvalue weighted by Gasteiger charge is -2.16. The highest BCUT2D eigenvalue weighted by atomic mass is 19.4. The van der Waals surface area contributed by atoms with E-state index in [9.17, 15) is 18.0 Å². The summed E-state index contributed by atoms with van der Waals surface area (Å²) in [7, 11) is 0. The van der Waals surface area contributed by atoms with Crippen LogP contribution in [0.2, 0.25) is 0 Å². The Hall–Kier alpha value is -1.76. The van der Waals surface area contributed by atoms with E-state index < -0.39 is 6.36 Å². The summed E-state index contributed by atoms with van der Waals surface area (Å²) in [6.45, 7) is 1.11. The number of nitrogens with zero attached hydrogens (tertiary/aromatic N) is 1. The highest BCUT2D eigenvalue weighted by molar-refractivity contribution is 5.54. The third kappa shape index (κ3) is 4.13. The molecule has 0 spiro atoms. The fraction of sp³-hybridized carbons (Fsp3) is 0.417. The van der Waals surface area contributed by atoms with E-state index in [-0.39, 0.29) is 11.7 Å². The summed E-state index contributed by atoms with van der Waals surface area (Å²) in [5.41, 5.74) is 0. The van der Waals surface area contributed by atoms with Crippen LogP contribution in [-0.2, 0) is 4.79 Å². The summed E-state index contributed by atoms with van der Waals surface area (Å²) in [6, 6.07) is 5.12. The van der Waals surface area contributed by atoms with Gasteiger partial charge in [-0.15, -0.1) is 18.2 Å². The number of rotatable bonds is 4. The summed E-state index contributed by atoms with van der Waals surface area (Å²) in [4.78, 5) is 16.0. The molecule has 1 aromatic carbocycles. The minimum absolute atomic E-state index is 0.0483. The van der Waals surface area contributed by atoms with Crippen molar-refractivity contribution in [3.05, 3.63) is 24.3 Å². The Labute approximate surface area is 107 Å². The van der Waals surface area contributed by atoms with E-state index in [1.807, 2.05) is 0 Å². The first-order valence-electron chi connectivity index (χ1n) is 5.70. The summed E-state index contributed by atoms with van der Waals surface area (Å²) < 4.78 is 39.6. The Balaban J connectivity index is 1.90. The highest BCUT2D eigenvalue weighted by Gasteiger charge is 2.31. The van der Waals surface area contributed by atoms with Crippen molar-refractivity contribution in [2.45, 2.75) is 12.8 Å². The zero-order valence-corrected chi connectivity index (χ0v) is 9.89. The molecule has 7 heteroatoms. The van der Waals surface area contributed by atoms with Gasteiger partial charge in [-0.3, -0.25) is 0 Å². The number of hydrogen-bond acceptors (Lipinski definition) is 4. The normalized spacial score (nSPS) is 20.3. The molecule has 0 saturated carbocycles. The molecule has 0 amide bonds. The van der Waals surface area contributed by atoms with Crippen LogP contribution in [0.5, 0.6) is 11.5 Å². The monoisotopic (exact) mass is 275 g/mol. The molecule has 1 heterocycles. The smallest absolute Gasteiger partial charge is 0.406 e. The molecule has 1 unspecified atom stereocenters. The van der Waals surface area contributed by atoms with Gasteiger partial charge in [0.15, 0.2) is 0 Å². The zero-order chi connectivity index (χ0) is 13.9. The number of halogens is 3. The van der Waals surface area contributed by atoms with Gasteiger partial charge < -0.3 is 14.4 Å². The third-order valence-corrected chi connectivity index (χ3v) is 2.67. The van der Waals surface area contributed by atoms with Crippen LogP contribution in [0, 0.1) is 5.92 Å². The van der Waals surface area contributed by atoms with Gasteiger partial charge in [0.25, 0.3) is 0 Å². The number of alkyl halides is 3. The van der Waals surface area contributed by atoms with E-state index in [1.165, 1.54) is 24.3 Å². The van der Waals surface area contributed by atoms with Crippen molar-refractivity contribution < 1.29 is 27.5 Å². The predicted octanol–water partition coefficient (Wildman–Crippen LogP) is 2.40. The van der Waals surface area contributed by atoms with Crippen molar-refractivity contribution >= 4 is 6.29 Å². The lowest BCUT2D eigenvalue weighted by atomic mass is 10.1. The fourth-order valence-electron chi connectivity index (χ4n) is 1.80. The van der Waals surface area contributed by atoms with Gasteiger partial charge in [-0.25, -0.2) is 0 Å². The molecule has 1 aromatic rings. The molecule has 0 aromatic heterocycles. The van der Waals surface area contributed by atoms with E-state index in [0.717, 1.165) is 12.7 Å². The molecular weight excluding hydrogens is 263 g/mol. The number of carbonyl (C=O) groups excluding carboxylic acids is 1. The van der Waals surface area contributed by atoms with Gasteiger partial charge >= 0.3 is 6.36 Å². The second-order valence-corrected chi connectivity index (χ2v) is 4.18. The van der Waals surface area contributed by atoms with E-state index in [1.54, 1.807) is 5.06 Å². The second kappa shape index (κ2) is 5.48. The van der Waals surface area contributed by atoms with Crippen LogP contribution in [0.3, 0.4) is 0 Å². The van der Waals surface area contributed by atoms with E-state index in [0.29, 0.717) is 18.8 Å². The van der Waals surface area contributed by atoms with E-state index in [2.05, 4.69) is 4.74 Å². The third-order valence-electron chi connectivity index (χ3n) is 2.67. The lowest BCUT2D eigenvalue weighted by Crippen LogP contribution is -2.25. The fourth-order valence-corrected chi connectivity index (χ4v) is 1.80. The Morgan fingerprint density at radius 1 is 1.21 bits per heavy atom. The highest BCUT2D eigenvalue weighted by Crippen LogP contribution is 2.25. The number of hydrogen-bond donors (Lipinski definition) is 0. The minimum atomic E-state index is -4.70. The molecule has 1 aliphatic heterocycles. The van der Waals surface area contributed by atoms with Crippen LogP contribution in [-0.4, -0.2) is 30.8 Å². The largest absolute Gasteiger partial charge is 0.573 e. The summed E-state index contributed by atoms with van der Waals surface area (Å²) >= 11 is 0. The maximum Gasteiger partial charge on any atom is 0.573 e. The van der Waals surface area contributed by atoms with Gasteiger partial charge in [0.05, 0.1) is 0 Å². The van der Waals surface area contributed by atoms with Gasteiger partial charge in [0.1, 0.15) is 17.8 Å². The molecule has 1 aliphatic rings. The number of hydroxylamine groups is 2. The van der Waals surface area contributed by atoms with Crippen LogP contribution >= 0.6 is 0 Å². The topological polar surface area (TPSA) is 38.8 Å². The van der Waals surface area contributed by atoms with Gasteiger partial charge in [-0.2, -0.15) is 0 Å². The number of ether oxygens (including phenoxy) is 1. The van der Waals surface area contributed by atoms with Crippen LogP contribution in [0.4, 0.5) is 13.2 Å². The molecule has 19 heavy (non-hydrogen) atoms. The van der Waals surface area contributed by atoms with Gasteiger partial charge in [-0.1, -0.05) is 0 Å². The maximum atomic E-state index is 12.0. The summed E-state index contributed by atoms with van der Waals surface area (Å²) in [5.74, 6) is 0.0564. The van der Waals surface area contributed by atoms with Crippen LogP contribution < -0.4 is 9.57 Å². The molecule has 1 atom stereocenters. The van der Waals surface area contributed by atoms with Crippen molar-refractivity contribution in [2.75, 3.05) is 13.1 Å². The summed E-state index contributed by atoms with van der Waals surface area (Å²) in [5, 5.41) is 1.61. The molecule has 0 N–H and O–H groups in total. The molecular formula is C12H12F3NO3. The maximum absolute atomic E-state index is 12.0. The van der Waals surface area contributed by atoms with Crippen molar-refractivity contribution in [3.63, 3.8) is 0 Å². The van der Waals surface area contributed by atoms with Crippen LogP contribution in [0.25, 0.3) is 0 Å². The van der Waals surface area contributed by atoms with Gasteiger partial charge in [0.2, 0.25) is 0 Å². The molecule has 104 valence electrons. The molecule has 0 bridgehead atoms. The zero-order valence-electron chi connectivity index (χ0n) is 9.89. The lowest BCUT2D eigenvalue weighted by molar-refractivity contribution is -0.274. The Morgan fingerprint density at radius 3 is 2.37 bits per heavy atom. The second-order valence-electron chi connectivity index (χ2n) is 4.18. The van der Waals surface area contributed by atoms with Crippen molar-refractivity contribution in [3.8, 4) is 11.5 Å². The van der Waals surface area contributed by atoms with Crippen molar-refractivity contribution in [1.82, 2.24) is 5.06 Å². The summed E-state index contributed by atoms with van der Waals surface area (Å²) in [6.07, 6.45) is -3.10. The van der Waals surface area contributed by atoms with Gasteiger partial charge in [-0.05, 0) is 30.7 Å². The number of benzene rings is 1. The number of aldehydes is 1. The van der Waals surface area contributed by atoms with E-state index >= 15 is 0 Å². The minimum Gasteiger partial charge on any atom is -0.406 e. The molecule has 1 fully saturated rings. The Kier molecular flexibility index (Phi) is 3.94. The van der Waals surface area contributed by atoms with Crippen LogP contribution in [0.1, 0.15) is 6.42 Å². The molecule has 0 aliphatic carbocycles. The Bertz CT molecular complexity index is 433. The average molecular weight is 275 g/mol. The first-order valence-corrected chi connectivity index (χ1v) is 5.70. The van der Waals surface area contributed by atoms with Crippen LogP contribution in [0.15, 0.2) is 24.3 Å². The molecule has 0 radical (unpaired) electrons. The Morgan fingerprint density at radius 2 is 1.84 bits per heavy atom. The van der Waals surface area contributed by atoms with E-state index in [4.69, 9.17) is 4.84 Å². The molecule has 4 nitrogen and oxygen atoms in total. The number of carbonyl (C=O) groups is 1. The SMILES string of the molecule is O=CC1CCN(Oc2ccc(OC(F)(F)F)cc2)C1. The van der Waals surface area contributed by atoms with Gasteiger partial charge in [0, 0.05) is 19.0 Å². The first kappa shape index (κ1) is 13.7. The van der Waals surface area contributed by atoms with Crippen molar-refractivity contribution in [2.24, 2.45) is 5.92 Å². The average Bonchev–Trinajstić information content (AvgIpc) is 2.77. The molecule has 1 saturated heterocycles. The molecule has 2 rings (SSSR count).